The fraction of sp³-hybridized carbons (Fsp3) is 0.500. The summed E-state index contributed by atoms with van der Waals surface area (Å²) in [5.74, 6) is -0.180. The van der Waals surface area contributed by atoms with E-state index in [4.69, 9.17) is 42.6 Å². The number of ether oxygens (including phenoxy) is 9. The number of rotatable bonds is 22. The Morgan fingerprint density at radius 1 is 0.911 bits per heavy atom. The summed E-state index contributed by atoms with van der Waals surface area (Å²) in [5.41, 5.74) is 2.54. The van der Waals surface area contributed by atoms with Gasteiger partial charge in [-0.1, -0.05) is 56.0 Å². The second-order valence-electron chi connectivity index (χ2n) is 15.6. The predicted molar refractivity (Wildman–Crippen MR) is 217 cm³/mol. The van der Waals surface area contributed by atoms with E-state index in [2.05, 4.69) is 19.6 Å². The molecule has 0 spiro atoms. The monoisotopic (exact) mass is 792 g/mol. The Balaban J connectivity index is 1.52. The van der Waals surface area contributed by atoms with Crippen LogP contribution in [0.5, 0.6) is 17.2 Å². The molecule has 0 amide bonds. The Hall–Kier alpha value is -4.20. The summed E-state index contributed by atoms with van der Waals surface area (Å²) in [6, 6.07) is 21.0. The van der Waals surface area contributed by atoms with Crippen LogP contribution in [-0.2, 0) is 41.4 Å². The van der Waals surface area contributed by atoms with Crippen LogP contribution < -0.4 is 14.2 Å². The summed E-state index contributed by atoms with van der Waals surface area (Å²) in [6.07, 6.45) is 4.13. The topological polar surface area (TPSA) is 117 Å². The zero-order valence-electron chi connectivity index (χ0n) is 34.5. The molecule has 306 valence electrons. The Bertz CT molecular complexity index is 1700. The lowest BCUT2D eigenvalue weighted by Gasteiger charge is -2.25. The number of hydrogen-bond donors (Lipinski definition) is 0. The van der Waals surface area contributed by atoms with E-state index in [9.17, 15) is 9.59 Å². The highest BCUT2D eigenvalue weighted by Gasteiger charge is 2.45. The van der Waals surface area contributed by atoms with Crippen molar-refractivity contribution < 1.29 is 52.2 Å². The number of esters is 2. The first-order valence-electron chi connectivity index (χ1n) is 19.2. The molecule has 0 bridgehead atoms. The highest BCUT2D eigenvalue weighted by Crippen LogP contribution is 2.36. The smallest absolute Gasteiger partial charge is 0.342 e. The maximum absolute atomic E-state index is 13.6. The third-order valence-corrected chi connectivity index (χ3v) is 10.9. The van der Waals surface area contributed by atoms with E-state index in [1.165, 1.54) is 7.11 Å². The van der Waals surface area contributed by atoms with E-state index in [0.717, 1.165) is 22.9 Å². The van der Waals surface area contributed by atoms with Crippen LogP contribution in [0.25, 0.3) is 0 Å². The lowest BCUT2D eigenvalue weighted by Crippen LogP contribution is -2.37. The average molecular weight is 793 g/mol. The molecule has 0 aromatic heterocycles. The summed E-state index contributed by atoms with van der Waals surface area (Å²) < 4.78 is 52.8. The van der Waals surface area contributed by atoms with Crippen molar-refractivity contribution in [3.63, 3.8) is 0 Å². The van der Waals surface area contributed by atoms with Crippen molar-refractivity contribution in [1.29, 1.82) is 0 Å². The SMILES string of the molecule is COCOc1cc(OC)cc(CCC[C@@H]2OC(C)(C)O[C@@H]2C(/C=C\C[C@@H](C)OCc2ccc(OC)cc2)OC(=O)c2ccccc2)c1C(=O)OCC[Si](C)(C)C. The molecule has 11 nitrogen and oxygen atoms in total. The van der Waals surface area contributed by atoms with Crippen LogP contribution in [0.3, 0.4) is 0 Å². The molecular weight excluding hydrogens is 733 g/mol. The van der Waals surface area contributed by atoms with Gasteiger partial charge in [0.05, 0.1) is 45.2 Å². The Morgan fingerprint density at radius 3 is 2.29 bits per heavy atom. The number of benzene rings is 3. The molecule has 3 aromatic rings. The molecule has 0 radical (unpaired) electrons. The number of carbonyl (C=O) groups is 2. The van der Waals surface area contributed by atoms with E-state index in [-0.39, 0.29) is 12.9 Å². The molecular formula is C44H60O11Si. The number of methoxy groups -OCH3 is 3. The van der Waals surface area contributed by atoms with Crippen LogP contribution in [0.15, 0.2) is 78.9 Å². The van der Waals surface area contributed by atoms with Crippen LogP contribution in [0.4, 0.5) is 0 Å². The fourth-order valence-electron chi connectivity index (χ4n) is 6.22. The first kappa shape index (κ1) is 44.5. The Kier molecular flexibility index (Phi) is 17.0. The Labute approximate surface area is 333 Å². The van der Waals surface area contributed by atoms with Crippen molar-refractivity contribution in [2.24, 2.45) is 0 Å². The maximum Gasteiger partial charge on any atom is 0.342 e. The van der Waals surface area contributed by atoms with E-state index in [0.29, 0.717) is 61.5 Å². The van der Waals surface area contributed by atoms with E-state index >= 15 is 0 Å². The van der Waals surface area contributed by atoms with Crippen molar-refractivity contribution in [2.45, 2.75) is 109 Å². The maximum atomic E-state index is 13.6. The zero-order chi connectivity index (χ0) is 40.7. The standard InChI is InChI=1S/C44H60O11Si/c1-31(51-29-32-21-23-35(48-5)24-22-32)15-13-19-37(53-42(45)33-16-11-10-12-17-33)41-38(54-44(2,3)55-41)20-14-18-34-27-36(49-6)28-39(52-30-47-4)40(34)43(46)50-25-26-56(7,8)9/h10-13,16-17,19,21-24,27-28,31,37-38,41H,14-15,18,20,25-26,29-30H2,1-9H3/b19-13-/t31-,37?,38+,41-/m1/s1. The summed E-state index contributed by atoms with van der Waals surface area (Å²) >= 11 is 0. The zero-order valence-corrected chi connectivity index (χ0v) is 35.5. The quantitative estimate of drug-likeness (QED) is 0.0421. The van der Waals surface area contributed by atoms with Gasteiger partial charge in [0, 0.05) is 21.3 Å². The molecule has 12 heteroatoms. The van der Waals surface area contributed by atoms with E-state index in [1.807, 2.05) is 69.3 Å². The van der Waals surface area contributed by atoms with Gasteiger partial charge in [-0.05, 0) is 100 Å². The molecule has 0 N–H and O–H groups in total. The summed E-state index contributed by atoms with van der Waals surface area (Å²) in [6.45, 7) is 13.1. The van der Waals surface area contributed by atoms with Crippen molar-refractivity contribution in [1.82, 2.24) is 0 Å². The molecule has 1 unspecified atom stereocenters. The van der Waals surface area contributed by atoms with Crippen molar-refractivity contribution in [3.05, 3.63) is 101 Å². The molecule has 4 atom stereocenters. The number of aryl methyl sites for hydroxylation is 1. The third-order valence-electron chi connectivity index (χ3n) is 9.23. The average Bonchev–Trinajstić information content (AvgIpc) is 3.48. The number of hydrogen-bond acceptors (Lipinski definition) is 11. The van der Waals surface area contributed by atoms with Crippen LogP contribution in [0, 0.1) is 0 Å². The second kappa shape index (κ2) is 21.4. The van der Waals surface area contributed by atoms with Crippen LogP contribution in [-0.4, -0.2) is 84.9 Å². The molecule has 1 aliphatic rings. The van der Waals surface area contributed by atoms with Gasteiger partial charge in [0.15, 0.2) is 12.6 Å². The van der Waals surface area contributed by atoms with Gasteiger partial charge in [0.1, 0.15) is 35.0 Å². The molecule has 1 fully saturated rings. The normalized spacial score (nSPS) is 17.7. The highest BCUT2D eigenvalue weighted by molar-refractivity contribution is 6.76. The third kappa shape index (κ3) is 14.1. The predicted octanol–water partition coefficient (Wildman–Crippen LogP) is 8.80. The molecule has 1 heterocycles. The highest BCUT2D eigenvalue weighted by atomic mass is 28.3. The fourth-order valence-corrected chi connectivity index (χ4v) is 6.94. The first-order valence-corrected chi connectivity index (χ1v) is 22.9. The van der Waals surface area contributed by atoms with Gasteiger partial charge in [-0.2, -0.15) is 0 Å². The van der Waals surface area contributed by atoms with Gasteiger partial charge in [-0.3, -0.25) is 0 Å². The van der Waals surface area contributed by atoms with Crippen molar-refractivity contribution >= 4 is 20.0 Å². The van der Waals surface area contributed by atoms with Crippen LogP contribution in [0.2, 0.25) is 25.7 Å². The molecule has 0 aliphatic carbocycles. The largest absolute Gasteiger partial charge is 0.497 e. The number of carbonyl (C=O) groups excluding carboxylic acids is 2. The molecule has 1 saturated heterocycles. The molecule has 1 aliphatic heterocycles. The molecule has 56 heavy (non-hydrogen) atoms. The van der Waals surface area contributed by atoms with Gasteiger partial charge < -0.3 is 42.6 Å². The Morgan fingerprint density at radius 2 is 1.62 bits per heavy atom. The summed E-state index contributed by atoms with van der Waals surface area (Å²) in [7, 11) is 3.29. The van der Waals surface area contributed by atoms with Gasteiger partial charge in [-0.25, -0.2) is 9.59 Å². The minimum atomic E-state index is -1.44. The minimum Gasteiger partial charge on any atom is -0.497 e. The first-order chi connectivity index (χ1) is 26.7. The van der Waals surface area contributed by atoms with E-state index < -0.39 is 44.1 Å². The molecule has 4 rings (SSSR count). The molecule has 0 saturated carbocycles. The van der Waals surface area contributed by atoms with Gasteiger partial charge in [0.25, 0.3) is 0 Å². The van der Waals surface area contributed by atoms with Crippen molar-refractivity contribution in [3.8, 4) is 17.2 Å². The van der Waals surface area contributed by atoms with Gasteiger partial charge in [0.2, 0.25) is 0 Å². The van der Waals surface area contributed by atoms with Crippen LogP contribution >= 0.6 is 0 Å². The van der Waals surface area contributed by atoms with Gasteiger partial charge in [-0.15, -0.1) is 0 Å². The summed E-state index contributed by atoms with van der Waals surface area (Å²) in [4.78, 5) is 27.0. The van der Waals surface area contributed by atoms with Crippen molar-refractivity contribution in [2.75, 3.05) is 34.7 Å². The lowest BCUT2D eigenvalue weighted by molar-refractivity contribution is -0.153. The van der Waals surface area contributed by atoms with E-state index in [1.54, 1.807) is 44.6 Å². The van der Waals surface area contributed by atoms with Gasteiger partial charge >= 0.3 is 11.9 Å². The van der Waals surface area contributed by atoms with Crippen LogP contribution in [0.1, 0.15) is 71.9 Å². The lowest BCUT2D eigenvalue weighted by atomic mass is 9.96. The second-order valence-corrected chi connectivity index (χ2v) is 21.2. The minimum absolute atomic E-state index is 0.0456. The molecule has 3 aromatic carbocycles. The summed E-state index contributed by atoms with van der Waals surface area (Å²) in [5, 5.41) is 0.